The summed E-state index contributed by atoms with van der Waals surface area (Å²) in [6.07, 6.45) is 2.56. The van der Waals surface area contributed by atoms with Crippen molar-refractivity contribution in [3.8, 4) is 0 Å². The number of carboxylic acids is 1. The van der Waals surface area contributed by atoms with E-state index in [-0.39, 0.29) is 0 Å². The Bertz CT molecular complexity index is 123. The van der Waals surface area contributed by atoms with Crippen LogP contribution in [-0.4, -0.2) is 17.1 Å². The predicted octanol–water partition coefficient (Wildman–Crippen LogP) is 1.22. The molecular formula is C8H17NO2. The number of aliphatic carboxylic acids is 1. The van der Waals surface area contributed by atoms with Crippen LogP contribution in [0.4, 0.5) is 0 Å². The monoisotopic (exact) mass is 159 g/mol. The molecule has 0 saturated heterocycles. The highest BCUT2D eigenvalue weighted by molar-refractivity contribution is 5.72. The van der Waals surface area contributed by atoms with Crippen molar-refractivity contribution in [3.05, 3.63) is 0 Å². The van der Waals surface area contributed by atoms with Crippen LogP contribution >= 0.6 is 0 Å². The van der Waals surface area contributed by atoms with Crippen LogP contribution in [0.5, 0.6) is 0 Å². The predicted molar refractivity (Wildman–Crippen MR) is 44.3 cm³/mol. The van der Waals surface area contributed by atoms with Crippen molar-refractivity contribution in [1.29, 1.82) is 0 Å². The van der Waals surface area contributed by atoms with Crippen molar-refractivity contribution in [1.82, 2.24) is 0 Å². The fraction of sp³-hybridized carbons (Fsp3) is 0.875. The summed E-state index contributed by atoms with van der Waals surface area (Å²) in [5.41, 5.74) is 5.30. The number of hydrogen-bond acceptors (Lipinski definition) is 2. The highest BCUT2D eigenvalue weighted by atomic mass is 16.4. The molecular weight excluding hydrogens is 142 g/mol. The minimum Gasteiger partial charge on any atom is -0.480 e. The normalized spacial score (nSPS) is 13.5. The lowest BCUT2D eigenvalue weighted by atomic mass is 10.0. The van der Waals surface area contributed by atoms with Crippen LogP contribution in [0.3, 0.4) is 0 Å². The zero-order valence-electron chi connectivity index (χ0n) is 7.21. The second-order valence-corrected chi connectivity index (χ2v) is 3.27. The van der Waals surface area contributed by atoms with Crippen LogP contribution in [-0.2, 0) is 4.79 Å². The molecule has 0 spiro atoms. The van der Waals surface area contributed by atoms with Gasteiger partial charge in [0, 0.05) is 0 Å². The molecule has 0 aliphatic rings. The lowest BCUT2D eigenvalue weighted by molar-refractivity contribution is -0.138. The first kappa shape index (κ1) is 10.4. The number of carbonyl (C=O) groups is 1. The molecule has 0 fully saturated rings. The molecule has 0 heterocycles. The average Bonchev–Trinajstić information content (AvgIpc) is 1.86. The molecule has 0 aliphatic heterocycles. The highest BCUT2D eigenvalue weighted by Crippen LogP contribution is 2.07. The van der Waals surface area contributed by atoms with Crippen LogP contribution < -0.4 is 5.73 Å². The first-order valence-corrected chi connectivity index (χ1v) is 4.02. The summed E-state index contributed by atoms with van der Waals surface area (Å²) in [5.74, 6) is -0.259. The van der Waals surface area contributed by atoms with E-state index in [1.54, 1.807) is 0 Å². The number of carboxylic acid groups (broad SMARTS) is 1. The number of rotatable bonds is 5. The molecule has 3 heteroatoms. The molecule has 0 amide bonds. The van der Waals surface area contributed by atoms with Gasteiger partial charge in [-0.3, -0.25) is 4.79 Å². The van der Waals surface area contributed by atoms with Crippen molar-refractivity contribution in [2.75, 3.05) is 0 Å². The van der Waals surface area contributed by atoms with E-state index in [4.69, 9.17) is 10.8 Å². The van der Waals surface area contributed by atoms with Gasteiger partial charge in [-0.1, -0.05) is 26.7 Å². The molecule has 3 nitrogen and oxygen atoms in total. The van der Waals surface area contributed by atoms with Crippen LogP contribution in [0.1, 0.15) is 33.1 Å². The molecule has 0 aromatic heterocycles. The van der Waals surface area contributed by atoms with Gasteiger partial charge < -0.3 is 10.8 Å². The van der Waals surface area contributed by atoms with Crippen molar-refractivity contribution < 1.29 is 9.90 Å². The van der Waals surface area contributed by atoms with E-state index >= 15 is 0 Å². The molecule has 66 valence electrons. The summed E-state index contributed by atoms with van der Waals surface area (Å²) in [6, 6.07) is -0.672. The molecule has 11 heavy (non-hydrogen) atoms. The second-order valence-electron chi connectivity index (χ2n) is 3.27. The smallest absolute Gasteiger partial charge is 0.320 e. The summed E-state index contributed by atoms with van der Waals surface area (Å²) < 4.78 is 0. The Hall–Kier alpha value is -0.570. The van der Waals surface area contributed by atoms with Crippen molar-refractivity contribution in [3.63, 3.8) is 0 Å². The van der Waals surface area contributed by atoms with E-state index < -0.39 is 12.0 Å². The maximum absolute atomic E-state index is 10.2. The summed E-state index contributed by atoms with van der Waals surface area (Å²) in [5, 5.41) is 8.42. The van der Waals surface area contributed by atoms with Gasteiger partial charge in [-0.2, -0.15) is 0 Å². The largest absolute Gasteiger partial charge is 0.480 e. The van der Waals surface area contributed by atoms with Crippen LogP contribution in [0.2, 0.25) is 0 Å². The molecule has 0 bridgehead atoms. The molecule has 0 aromatic rings. The maximum Gasteiger partial charge on any atom is 0.320 e. The molecule has 0 aromatic carbocycles. The van der Waals surface area contributed by atoms with E-state index in [0.717, 1.165) is 12.8 Å². The van der Waals surface area contributed by atoms with Gasteiger partial charge >= 0.3 is 5.97 Å². The topological polar surface area (TPSA) is 63.3 Å². The fourth-order valence-electron chi connectivity index (χ4n) is 0.869. The zero-order valence-corrected chi connectivity index (χ0v) is 7.21. The number of nitrogens with two attached hydrogens (primary N) is 1. The third-order valence-electron chi connectivity index (χ3n) is 1.61. The Kier molecular flexibility index (Phi) is 4.86. The van der Waals surface area contributed by atoms with Gasteiger partial charge in [0.05, 0.1) is 0 Å². The number of hydrogen-bond donors (Lipinski definition) is 2. The van der Waals surface area contributed by atoms with E-state index in [1.807, 2.05) is 0 Å². The van der Waals surface area contributed by atoms with Gasteiger partial charge in [0.2, 0.25) is 0 Å². The van der Waals surface area contributed by atoms with Crippen molar-refractivity contribution in [2.45, 2.75) is 39.2 Å². The zero-order chi connectivity index (χ0) is 8.85. The first-order valence-electron chi connectivity index (χ1n) is 4.02. The Labute approximate surface area is 67.6 Å². The standard InChI is InChI=1S/C8H17NO2/c1-6(2)4-3-5-7(9)8(10)11/h6-7H,3-5,9H2,1-2H3,(H,10,11). The Morgan fingerprint density at radius 1 is 1.45 bits per heavy atom. The van der Waals surface area contributed by atoms with Crippen molar-refractivity contribution in [2.24, 2.45) is 11.7 Å². The van der Waals surface area contributed by atoms with Gasteiger partial charge in [-0.05, 0) is 12.3 Å². The van der Waals surface area contributed by atoms with Gasteiger partial charge in [0.25, 0.3) is 0 Å². The minimum absolute atomic E-state index is 0.591. The molecule has 0 aliphatic carbocycles. The summed E-state index contributed by atoms with van der Waals surface area (Å²) in [6.45, 7) is 4.23. The Morgan fingerprint density at radius 2 is 2.00 bits per heavy atom. The van der Waals surface area contributed by atoms with E-state index in [0.29, 0.717) is 12.3 Å². The van der Waals surface area contributed by atoms with Crippen LogP contribution in [0.25, 0.3) is 0 Å². The third kappa shape index (κ3) is 5.85. The molecule has 1 atom stereocenters. The molecule has 0 saturated carbocycles. The maximum atomic E-state index is 10.2. The van der Waals surface area contributed by atoms with E-state index in [1.165, 1.54) is 0 Å². The summed E-state index contributed by atoms with van der Waals surface area (Å²) >= 11 is 0. The van der Waals surface area contributed by atoms with E-state index in [9.17, 15) is 4.79 Å². The highest BCUT2D eigenvalue weighted by Gasteiger charge is 2.10. The Morgan fingerprint density at radius 3 is 2.36 bits per heavy atom. The summed E-state index contributed by atoms with van der Waals surface area (Å²) in [7, 11) is 0. The van der Waals surface area contributed by atoms with Gasteiger partial charge in [-0.25, -0.2) is 0 Å². The molecule has 3 N–H and O–H groups in total. The third-order valence-corrected chi connectivity index (χ3v) is 1.61. The Balaban J connectivity index is 3.31. The average molecular weight is 159 g/mol. The molecule has 0 radical (unpaired) electrons. The van der Waals surface area contributed by atoms with Crippen molar-refractivity contribution >= 4 is 5.97 Å². The van der Waals surface area contributed by atoms with E-state index in [2.05, 4.69) is 13.8 Å². The minimum atomic E-state index is -0.895. The second kappa shape index (κ2) is 5.13. The van der Waals surface area contributed by atoms with Gasteiger partial charge in [0.15, 0.2) is 0 Å². The van der Waals surface area contributed by atoms with Crippen LogP contribution in [0.15, 0.2) is 0 Å². The lowest BCUT2D eigenvalue weighted by Crippen LogP contribution is -2.29. The fourth-order valence-corrected chi connectivity index (χ4v) is 0.869. The SMILES string of the molecule is CC(C)CCCC(N)C(=O)O. The quantitative estimate of drug-likeness (QED) is 0.634. The molecule has 1 unspecified atom stereocenters. The van der Waals surface area contributed by atoms with Crippen LogP contribution in [0, 0.1) is 5.92 Å². The summed E-state index contributed by atoms with van der Waals surface area (Å²) in [4.78, 5) is 10.2. The molecule has 0 rings (SSSR count). The lowest BCUT2D eigenvalue weighted by Gasteiger charge is -2.06. The van der Waals surface area contributed by atoms with Gasteiger partial charge in [-0.15, -0.1) is 0 Å². The van der Waals surface area contributed by atoms with Gasteiger partial charge in [0.1, 0.15) is 6.04 Å². The first-order chi connectivity index (χ1) is 5.04.